The summed E-state index contributed by atoms with van der Waals surface area (Å²) in [6.45, 7) is 6.36. The van der Waals surface area contributed by atoms with Crippen molar-refractivity contribution in [2.24, 2.45) is 0 Å². The van der Waals surface area contributed by atoms with Gasteiger partial charge < -0.3 is 5.32 Å². The molecular weight excluding hydrogens is 296 g/mol. The van der Waals surface area contributed by atoms with Crippen LogP contribution in [0.3, 0.4) is 0 Å². The molecule has 2 aromatic carbocycles. The molecule has 3 rings (SSSR count). The van der Waals surface area contributed by atoms with Crippen LogP contribution in [0.25, 0.3) is 11.1 Å². The van der Waals surface area contributed by atoms with Gasteiger partial charge in [-0.25, -0.2) is 0 Å². The maximum Gasteiger partial charge on any atom is 0.252 e. The molecule has 24 heavy (non-hydrogen) atoms. The van der Waals surface area contributed by atoms with E-state index in [1.54, 1.807) is 0 Å². The Morgan fingerprint density at radius 3 is 2.62 bits per heavy atom. The van der Waals surface area contributed by atoms with E-state index in [1.807, 2.05) is 18.2 Å². The normalized spacial score (nSPS) is 17.8. The predicted molar refractivity (Wildman–Crippen MR) is 99.0 cm³/mol. The Kier molecular flexibility index (Phi) is 5.31. The van der Waals surface area contributed by atoms with Crippen LogP contribution in [0.4, 0.5) is 0 Å². The number of carbonyl (C=O) groups is 1. The molecule has 1 fully saturated rings. The zero-order chi connectivity index (χ0) is 16.9. The van der Waals surface area contributed by atoms with Crippen LogP contribution in [0.1, 0.15) is 42.6 Å². The average Bonchev–Trinajstić information content (AvgIpc) is 3.09. The zero-order valence-corrected chi connectivity index (χ0v) is 14.6. The first kappa shape index (κ1) is 16.7. The second kappa shape index (κ2) is 7.63. The van der Waals surface area contributed by atoms with Crippen LogP contribution in [0, 0.1) is 0 Å². The third-order valence-electron chi connectivity index (χ3n) is 4.86. The molecule has 126 valence electrons. The Morgan fingerprint density at radius 1 is 1.12 bits per heavy atom. The van der Waals surface area contributed by atoms with Gasteiger partial charge in [0.15, 0.2) is 0 Å². The number of benzene rings is 2. The van der Waals surface area contributed by atoms with Crippen molar-refractivity contribution in [1.29, 1.82) is 0 Å². The quantitative estimate of drug-likeness (QED) is 0.899. The monoisotopic (exact) mass is 322 g/mol. The lowest BCUT2D eigenvalue weighted by molar-refractivity contribution is 0.0890. The summed E-state index contributed by atoms with van der Waals surface area (Å²) in [6.07, 6.45) is 3.39. The fraction of sp³-hybridized carbons (Fsp3) is 0.381. The lowest BCUT2D eigenvalue weighted by Gasteiger charge is -2.23. The van der Waals surface area contributed by atoms with Crippen molar-refractivity contribution in [3.05, 3.63) is 59.7 Å². The fourth-order valence-electron chi connectivity index (χ4n) is 3.41. The molecule has 1 amide bonds. The molecule has 2 aromatic rings. The first-order valence-electron chi connectivity index (χ1n) is 8.95. The number of hydrogen-bond donors (Lipinski definition) is 1. The smallest absolute Gasteiger partial charge is 0.252 e. The zero-order valence-electron chi connectivity index (χ0n) is 14.6. The summed E-state index contributed by atoms with van der Waals surface area (Å²) < 4.78 is 0. The van der Waals surface area contributed by atoms with E-state index in [4.69, 9.17) is 0 Å². The number of amides is 1. The number of hydrogen-bond acceptors (Lipinski definition) is 2. The Hall–Kier alpha value is -2.13. The van der Waals surface area contributed by atoms with Crippen molar-refractivity contribution in [2.45, 2.75) is 39.3 Å². The van der Waals surface area contributed by atoms with Crippen molar-refractivity contribution < 1.29 is 4.79 Å². The molecule has 3 nitrogen and oxygen atoms in total. The topological polar surface area (TPSA) is 32.3 Å². The molecule has 0 saturated carbocycles. The van der Waals surface area contributed by atoms with Crippen LogP contribution in [-0.2, 0) is 6.42 Å². The molecule has 1 atom stereocenters. The molecule has 3 heteroatoms. The first-order valence-corrected chi connectivity index (χ1v) is 8.95. The van der Waals surface area contributed by atoms with Gasteiger partial charge in [0, 0.05) is 12.1 Å². The third-order valence-corrected chi connectivity index (χ3v) is 4.86. The number of carbonyl (C=O) groups excluding carboxylic acids is 1. The van der Waals surface area contributed by atoms with Crippen molar-refractivity contribution in [2.75, 3.05) is 13.1 Å². The SMILES string of the molecule is CCc1cccc(-c2cccc(C(=O)NC3CCCN3CC)c2)c1. The summed E-state index contributed by atoms with van der Waals surface area (Å²) in [5.74, 6) is 0.0221. The highest BCUT2D eigenvalue weighted by atomic mass is 16.1. The Bertz CT molecular complexity index is 710. The van der Waals surface area contributed by atoms with Crippen molar-refractivity contribution in [1.82, 2.24) is 10.2 Å². The minimum atomic E-state index is 0.0221. The first-order chi connectivity index (χ1) is 11.7. The molecule has 0 bridgehead atoms. The molecule has 0 radical (unpaired) electrons. The second-order valence-corrected chi connectivity index (χ2v) is 6.39. The second-order valence-electron chi connectivity index (χ2n) is 6.39. The number of aryl methyl sites for hydroxylation is 1. The number of likely N-dealkylation sites (tertiary alicyclic amines) is 1. The predicted octanol–water partition coefficient (Wildman–Crippen LogP) is 4.09. The Morgan fingerprint density at radius 2 is 1.88 bits per heavy atom. The maximum absolute atomic E-state index is 12.6. The van der Waals surface area contributed by atoms with E-state index in [2.05, 4.69) is 54.4 Å². The highest BCUT2D eigenvalue weighted by Crippen LogP contribution is 2.22. The lowest BCUT2D eigenvalue weighted by Crippen LogP contribution is -2.44. The minimum Gasteiger partial charge on any atom is -0.336 e. The van der Waals surface area contributed by atoms with Crippen LogP contribution in [-0.4, -0.2) is 30.1 Å². The Balaban J connectivity index is 1.78. The molecule has 1 unspecified atom stereocenters. The van der Waals surface area contributed by atoms with Crippen molar-refractivity contribution in [3.63, 3.8) is 0 Å². The average molecular weight is 322 g/mol. The highest BCUT2D eigenvalue weighted by molar-refractivity contribution is 5.95. The van der Waals surface area contributed by atoms with Gasteiger partial charge in [-0.2, -0.15) is 0 Å². The molecule has 0 spiro atoms. The number of nitrogens with zero attached hydrogens (tertiary/aromatic N) is 1. The standard InChI is InChI=1S/C21H26N2O/c1-3-16-8-5-9-17(14-16)18-10-6-11-19(15-18)21(24)22-20-12-7-13-23(20)4-2/h5-6,8-11,14-15,20H,3-4,7,12-13H2,1-2H3,(H,22,24). The van der Waals surface area contributed by atoms with E-state index < -0.39 is 0 Å². The van der Waals surface area contributed by atoms with Gasteiger partial charge in [-0.05, 0) is 54.6 Å². The minimum absolute atomic E-state index is 0.0221. The summed E-state index contributed by atoms with van der Waals surface area (Å²) in [7, 11) is 0. The van der Waals surface area contributed by atoms with Gasteiger partial charge in [0.1, 0.15) is 0 Å². The van der Waals surface area contributed by atoms with Crippen molar-refractivity contribution >= 4 is 5.91 Å². The van der Waals surface area contributed by atoms with Gasteiger partial charge in [-0.3, -0.25) is 9.69 Å². The van der Waals surface area contributed by atoms with Gasteiger partial charge in [0.05, 0.1) is 6.17 Å². The van der Waals surface area contributed by atoms with E-state index in [0.717, 1.165) is 43.5 Å². The number of nitrogens with one attached hydrogen (secondary N) is 1. The third kappa shape index (κ3) is 3.68. The summed E-state index contributed by atoms with van der Waals surface area (Å²) in [5, 5.41) is 3.18. The highest BCUT2D eigenvalue weighted by Gasteiger charge is 2.24. The molecule has 1 aliphatic heterocycles. The number of rotatable bonds is 5. The van der Waals surface area contributed by atoms with E-state index in [-0.39, 0.29) is 12.1 Å². The van der Waals surface area contributed by atoms with Crippen LogP contribution in [0.2, 0.25) is 0 Å². The van der Waals surface area contributed by atoms with E-state index in [1.165, 1.54) is 11.1 Å². The van der Waals surface area contributed by atoms with Gasteiger partial charge in [-0.15, -0.1) is 0 Å². The van der Waals surface area contributed by atoms with Gasteiger partial charge in [0.25, 0.3) is 5.91 Å². The summed E-state index contributed by atoms with van der Waals surface area (Å²) in [4.78, 5) is 15.0. The largest absolute Gasteiger partial charge is 0.336 e. The van der Waals surface area contributed by atoms with Crippen LogP contribution >= 0.6 is 0 Å². The van der Waals surface area contributed by atoms with E-state index >= 15 is 0 Å². The molecule has 0 aliphatic carbocycles. The summed E-state index contributed by atoms with van der Waals surface area (Å²) >= 11 is 0. The van der Waals surface area contributed by atoms with E-state index in [0.29, 0.717) is 0 Å². The fourth-order valence-corrected chi connectivity index (χ4v) is 3.41. The van der Waals surface area contributed by atoms with Crippen LogP contribution in [0.5, 0.6) is 0 Å². The van der Waals surface area contributed by atoms with E-state index in [9.17, 15) is 4.79 Å². The molecular formula is C21H26N2O. The lowest BCUT2D eigenvalue weighted by atomic mass is 10.00. The molecule has 0 aromatic heterocycles. The van der Waals surface area contributed by atoms with Crippen LogP contribution in [0.15, 0.2) is 48.5 Å². The maximum atomic E-state index is 12.6. The summed E-state index contributed by atoms with van der Waals surface area (Å²) in [5.41, 5.74) is 4.31. The van der Waals surface area contributed by atoms with Gasteiger partial charge in [-0.1, -0.05) is 50.2 Å². The molecule has 1 N–H and O–H groups in total. The van der Waals surface area contributed by atoms with Crippen molar-refractivity contribution in [3.8, 4) is 11.1 Å². The molecule has 1 heterocycles. The molecule has 1 aliphatic rings. The summed E-state index contributed by atoms with van der Waals surface area (Å²) in [6, 6.07) is 16.5. The molecule has 1 saturated heterocycles. The Labute approximate surface area is 144 Å². The van der Waals surface area contributed by atoms with Crippen LogP contribution < -0.4 is 5.32 Å². The van der Waals surface area contributed by atoms with Gasteiger partial charge in [0.2, 0.25) is 0 Å². The van der Waals surface area contributed by atoms with Gasteiger partial charge >= 0.3 is 0 Å².